The molecule has 0 radical (unpaired) electrons. The normalized spacial score (nSPS) is 14.7. The largest absolute Gasteiger partial charge is 0.493 e. The van der Waals surface area contributed by atoms with Gasteiger partial charge < -0.3 is 10.5 Å². The Bertz CT molecular complexity index is 687. The predicted molar refractivity (Wildman–Crippen MR) is 90.2 cm³/mol. The van der Waals surface area contributed by atoms with E-state index in [9.17, 15) is 0 Å². The zero-order chi connectivity index (χ0) is 15.0. The molecule has 0 saturated carbocycles. The Hall–Kier alpha value is -1.03. The molecule has 0 saturated heterocycles. The molecule has 2 aromatic rings. The van der Waals surface area contributed by atoms with E-state index < -0.39 is 0 Å². The highest BCUT2D eigenvalue weighted by Crippen LogP contribution is 2.35. The molecule has 0 bridgehead atoms. The second-order valence-corrected chi connectivity index (χ2v) is 6.82. The topological polar surface area (TPSA) is 35.2 Å². The highest BCUT2D eigenvalue weighted by atomic mass is 79.9. The second kappa shape index (κ2) is 5.99. The summed E-state index contributed by atoms with van der Waals surface area (Å²) in [7, 11) is 0. The van der Waals surface area contributed by atoms with Gasteiger partial charge in [-0.1, -0.05) is 33.6 Å². The number of hydrogen-bond acceptors (Lipinski definition) is 2. The van der Waals surface area contributed by atoms with Gasteiger partial charge in [0.15, 0.2) is 0 Å². The molecule has 2 aromatic carbocycles. The maximum atomic E-state index is 6.41. The lowest BCUT2D eigenvalue weighted by Gasteiger charge is -2.17. The van der Waals surface area contributed by atoms with E-state index in [0.717, 1.165) is 45.8 Å². The van der Waals surface area contributed by atoms with Crippen molar-refractivity contribution in [3.8, 4) is 5.75 Å². The van der Waals surface area contributed by atoms with Crippen LogP contribution in [0.1, 0.15) is 28.3 Å². The highest BCUT2D eigenvalue weighted by Gasteiger charge is 2.20. The van der Waals surface area contributed by atoms with Crippen molar-refractivity contribution in [3.63, 3.8) is 0 Å². The molecular formula is C17H17BrClNO. The first-order chi connectivity index (χ1) is 10.0. The quantitative estimate of drug-likeness (QED) is 0.862. The molecule has 0 aromatic heterocycles. The van der Waals surface area contributed by atoms with Crippen LogP contribution >= 0.6 is 27.5 Å². The Labute approximate surface area is 138 Å². The molecule has 0 amide bonds. The van der Waals surface area contributed by atoms with Crippen molar-refractivity contribution in [2.45, 2.75) is 25.8 Å². The van der Waals surface area contributed by atoms with Crippen molar-refractivity contribution in [1.82, 2.24) is 0 Å². The van der Waals surface area contributed by atoms with Crippen LogP contribution in [0.3, 0.4) is 0 Å². The fraction of sp³-hybridized carbons (Fsp3) is 0.294. The summed E-state index contributed by atoms with van der Waals surface area (Å²) in [6, 6.07) is 10.1. The summed E-state index contributed by atoms with van der Waals surface area (Å²) in [5, 5.41) is 0.758. The summed E-state index contributed by atoms with van der Waals surface area (Å²) in [4.78, 5) is 0. The van der Waals surface area contributed by atoms with Crippen LogP contribution in [-0.4, -0.2) is 6.61 Å². The zero-order valence-corrected chi connectivity index (χ0v) is 14.2. The van der Waals surface area contributed by atoms with Crippen LogP contribution in [0.15, 0.2) is 34.8 Å². The zero-order valence-electron chi connectivity index (χ0n) is 11.8. The first kappa shape index (κ1) is 14.9. The monoisotopic (exact) mass is 365 g/mol. The summed E-state index contributed by atoms with van der Waals surface area (Å²) in [6.45, 7) is 2.81. The minimum Gasteiger partial charge on any atom is -0.493 e. The lowest BCUT2D eigenvalue weighted by molar-refractivity contribution is 0.352. The van der Waals surface area contributed by atoms with Crippen LogP contribution in [0.25, 0.3) is 0 Å². The Morgan fingerprint density at radius 3 is 2.90 bits per heavy atom. The number of aryl methyl sites for hydroxylation is 1. The van der Waals surface area contributed by atoms with E-state index in [1.165, 1.54) is 11.1 Å². The fourth-order valence-corrected chi connectivity index (χ4v) is 3.64. The third-order valence-corrected chi connectivity index (χ3v) is 4.61. The van der Waals surface area contributed by atoms with E-state index in [4.69, 9.17) is 22.1 Å². The lowest BCUT2D eigenvalue weighted by Crippen LogP contribution is -2.15. The van der Waals surface area contributed by atoms with Crippen molar-refractivity contribution >= 4 is 27.5 Å². The van der Waals surface area contributed by atoms with Crippen LogP contribution < -0.4 is 10.5 Å². The average Bonchev–Trinajstić information content (AvgIpc) is 2.86. The molecule has 0 fully saturated rings. The summed E-state index contributed by atoms with van der Waals surface area (Å²) in [6.07, 6.45) is 1.65. The predicted octanol–water partition coefficient (Wildman–Crippen LogP) is 4.59. The third-order valence-electron chi connectivity index (χ3n) is 3.90. The van der Waals surface area contributed by atoms with Gasteiger partial charge in [0.05, 0.1) is 6.61 Å². The molecule has 110 valence electrons. The van der Waals surface area contributed by atoms with Crippen molar-refractivity contribution in [2.75, 3.05) is 6.61 Å². The van der Waals surface area contributed by atoms with Crippen LogP contribution in [0.5, 0.6) is 5.75 Å². The summed E-state index contributed by atoms with van der Waals surface area (Å²) >= 11 is 9.69. The Kier molecular flexibility index (Phi) is 4.25. The molecule has 2 nitrogen and oxygen atoms in total. The number of rotatable bonds is 3. The van der Waals surface area contributed by atoms with Crippen LogP contribution in [0.2, 0.25) is 5.02 Å². The van der Waals surface area contributed by atoms with Crippen LogP contribution in [-0.2, 0) is 12.8 Å². The molecule has 0 spiro atoms. The molecule has 21 heavy (non-hydrogen) atoms. The van der Waals surface area contributed by atoms with E-state index >= 15 is 0 Å². The number of hydrogen-bond donors (Lipinski definition) is 1. The standard InChI is InChI=1S/C17H17BrClNO/c1-10-6-13(18)2-3-15(10)16(20)9-12-8-14(19)7-11-4-5-21-17(11)12/h2-3,6-8,16H,4-5,9,20H2,1H3. The average molecular weight is 367 g/mol. The van der Waals surface area contributed by atoms with E-state index in [-0.39, 0.29) is 6.04 Å². The van der Waals surface area contributed by atoms with Gasteiger partial charge >= 0.3 is 0 Å². The highest BCUT2D eigenvalue weighted by molar-refractivity contribution is 9.10. The smallest absolute Gasteiger partial charge is 0.125 e. The summed E-state index contributed by atoms with van der Waals surface area (Å²) in [5.74, 6) is 0.976. The number of benzene rings is 2. The van der Waals surface area contributed by atoms with Gasteiger partial charge in [0, 0.05) is 22.0 Å². The minimum atomic E-state index is -0.0649. The molecule has 3 rings (SSSR count). The molecule has 1 atom stereocenters. The lowest BCUT2D eigenvalue weighted by atomic mass is 9.95. The molecule has 1 heterocycles. The SMILES string of the molecule is Cc1cc(Br)ccc1C(N)Cc1cc(Cl)cc2c1OCC2. The maximum Gasteiger partial charge on any atom is 0.125 e. The number of halogens is 2. The van der Waals surface area contributed by atoms with Crippen molar-refractivity contribution in [3.05, 3.63) is 62.1 Å². The van der Waals surface area contributed by atoms with Crippen molar-refractivity contribution < 1.29 is 4.74 Å². The molecule has 1 aliphatic rings. The fourth-order valence-electron chi connectivity index (χ4n) is 2.90. The summed E-state index contributed by atoms with van der Waals surface area (Å²) in [5.41, 5.74) is 11.1. The van der Waals surface area contributed by atoms with Gasteiger partial charge in [-0.3, -0.25) is 0 Å². The maximum absolute atomic E-state index is 6.41. The third kappa shape index (κ3) is 3.10. The van der Waals surface area contributed by atoms with Gasteiger partial charge in [-0.25, -0.2) is 0 Å². The van der Waals surface area contributed by atoms with Gasteiger partial charge in [0.25, 0.3) is 0 Å². The summed E-state index contributed by atoms with van der Waals surface area (Å²) < 4.78 is 6.82. The van der Waals surface area contributed by atoms with E-state index in [0.29, 0.717) is 0 Å². The van der Waals surface area contributed by atoms with E-state index in [2.05, 4.69) is 35.0 Å². The first-order valence-electron chi connectivity index (χ1n) is 7.00. The van der Waals surface area contributed by atoms with Gasteiger partial charge in [-0.05, 0) is 59.9 Å². The number of fused-ring (bicyclic) bond motifs is 1. The van der Waals surface area contributed by atoms with Crippen LogP contribution in [0, 0.1) is 6.92 Å². The molecule has 0 aliphatic carbocycles. The van der Waals surface area contributed by atoms with Gasteiger partial charge in [0.2, 0.25) is 0 Å². The minimum absolute atomic E-state index is 0.0649. The molecule has 2 N–H and O–H groups in total. The molecular weight excluding hydrogens is 350 g/mol. The molecule has 1 unspecified atom stereocenters. The second-order valence-electron chi connectivity index (χ2n) is 5.46. The van der Waals surface area contributed by atoms with E-state index in [1.54, 1.807) is 0 Å². The first-order valence-corrected chi connectivity index (χ1v) is 8.17. The van der Waals surface area contributed by atoms with Gasteiger partial charge in [-0.15, -0.1) is 0 Å². The van der Waals surface area contributed by atoms with Crippen molar-refractivity contribution in [1.29, 1.82) is 0 Å². The Balaban J connectivity index is 1.90. The van der Waals surface area contributed by atoms with Crippen LogP contribution in [0.4, 0.5) is 0 Å². The Morgan fingerprint density at radius 1 is 1.33 bits per heavy atom. The van der Waals surface area contributed by atoms with Gasteiger partial charge in [-0.2, -0.15) is 0 Å². The van der Waals surface area contributed by atoms with Crippen molar-refractivity contribution in [2.24, 2.45) is 5.73 Å². The molecule has 4 heteroatoms. The Morgan fingerprint density at radius 2 is 2.14 bits per heavy atom. The number of nitrogens with two attached hydrogens (primary N) is 1. The molecule has 1 aliphatic heterocycles. The van der Waals surface area contributed by atoms with Gasteiger partial charge in [0.1, 0.15) is 5.75 Å². The number of ether oxygens (including phenoxy) is 1. The van der Waals surface area contributed by atoms with E-state index in [1.807, 2.05) is 18.2 Å².